The maximum absolute atomic E-state index is 2.34. The van der Waals surface area contributed by atoms with Crippen molar-refractivity contribution in [1.82, 2.24) is 0 Å². The van der Waals surface area contributed by atoms with Gasteiger partial charge in [-0.25, -0.2) is 0 Å². The van der Waals surface area contributed by atoms with Gasteiger partial charge < -0.3 is 0 Å². The van der Waals surface area contributed by atoms with Gasteiger partial charge in [-0.05, 0) is 68.0 Å². The molecule has 0 bridgehead atoms. The van der Waals surface area contributed by atoms with Crippen LogP contribution in [0.5, 0.6) is 0 Å². The minimum absolute atomic E-state index is 1.41. The molecule has 0 fully saturated rings. The van der Waals surface area contributed by atoms with E-state index in [0.717, 1.165) is 0 Å². The standard InChI is InChI=1S/C15H19/c1-8-7-14-11(4)10(3)13(6)15(14)12(5)9(8)2/h7H,1-6H3. The van der Waals surface area contributed by atoms with Gasteiger partial charge in [0.05, 0.1) is 0 Å². The Morgan fingerprint density at radius 3 is 1.93 bits per heavy atom. The summed E-state index contributed by atoms with van der Waals surface area (Å²) in [6.45, 7) is 13.4. The smallest absolute Gasteiger partial charge is 0.0274 e. The number of hydrogen-bond donors (Lipinski definition) is 0. The largest absolute Gasteiger partial charge is 0.0582 e. The molecular formula is C15H19. The molecule has 0 aromatic heterocycles. The first-order valence-electron chi connectivity index (χ1n) is 5.58. The van der Waals surface area contributed by atoms with Gasteiger partial charge in [-0.1, -0.05) is 18.6 Å². The molecule has 0 amide bonds. The highest BCUT2D eigenvalue weighted by Gasteiger charge is 2.26. The summed E-state index contributed by atoms with van der Waals surface area (Å²) in [6.07, 6.45) is 0. The molecule has 0 heteroatoms. The van der Waals surface area contributed by atoms with Gasteiger partial charge in [0.15, 0.2) is 0 Å². The quantitative estimate of drug-likeness (QED) is 0.582. The van der Waals surface area contributed by atoms with Crippen LogP contribution in [-0.2, 0) is 0 Å². The molecule has 1 aromatic carbocycles. The first-order valence-corrected chi connectivity index (χ1v) is 5.58. The van der Waals surface area contributed by atoms with Crippen LogP contribution in [0.25, 0.3) is 5.57 Å². The number of allylic oxidation sites excluding steroid dienone is 2. The van der Waals surface area contributed by atoms with E-state index in [4.69, 9.17) is 0 Å². The molecule has 0 N–H and O–H groups in total. The lowest BCUT2D eigenvalue weighted by Gasteiger charge is -2.14. The van der Waals surface area contributed by atoms with Gasteiger partial charge in [0, 0.05) is 5.92 Å². The van der Waals surface area contributed by atoms with Crippen LogP contribution >= 0.6 is 0 Å². The molecule has 0 heterocycles. The molecule has 0 nitrogen and oxygen atoms in total. The maximum Gasteiger partial charge on any atom is 0.0274 e. The number of rotatable bonds is 0. The molecule has 79 valence electrons. The van der Waals surface area contributed by atoms with Gasteiger partial charge in [-0.15, -0.1) is 0 Å². The summed E-state index contributed by atoms with van der Waals surface area (Å²) < 4.78 is 0. The van der Waals surface area contributed by atoms with Crippen molar-refractivity contribution in [2.45, 2.75) is 41.5 Å². The predicted molar refractivity (Wildman–Crippen MR) is 66.9 cm³/mol. The minimum Gasteiger partial charge on any atom is -0.0582 e. The van der Waals surface area contributed by atoms with Crippen molar-refractivity contribution in [1.29, 1.82) is 0 Å². The third-order valence-corrected chi connectivity index (χ3v) is 4.06. The van der Waals surface area contributed by atoms with Crippen molar-refractivity contribution in [2.75, 3.05) is 0 Å². The molecule has 0 unspecified atom stereocenters. The van der Waals surface area contributed by atoms with Crippen molar-refractivity contribution in [3.05, 3.63) is 45.4 Å². The highest BCUT2D eigenvalue weighted by atomic mass is 14.3. The average Bonchev–Trinajstić information content (AvgIpc) is 2.40. The van der Waals surface area contributed by atoms with Crippen LogP contribution in [0.1, 0.15) is 48.6 Å². The van der Waals surface area contributed by atoms with E-state index in [-0.39, 0.29) is 0 Å². The summed E-state index contributed by atoms with van der Waals surface area (Å²) in [5, 5.41) is 0. The number of hydrogen-bond acceptors (Lipinski definition) is 0. The maximum atomic E-state index is 2.34. The van der Waals surface area contributed by atoms with E-state index in [9.17, 15) is 0 Å². The van der Waals surface area contributed by atoms with E-state index in [1.807, 2.05) is 0 Å². The van der Waals surface area contributed by atoms with Gasteiger partial charge in [0.2, 0.25) is 0 Å². The van der Waals surface area contributed by atoms with Crippen LogP contribution in [0, 0.1) is 26.7 Å². The first-order chi connectivity index (χ1) is 6.95. The Kier molecular flexibility index (Phi) is 2.26. The van der Waals surface area contributed by atoms with Crippen LogP contribution in [-0.4, -0.2) is 0 Å². The fourth-order valence-electron chi connectivity index (χ4n) is 2.53. The van der Waals surface area contributed by atoms with Crippen LogP contribution in [0.2, 0.25) is 0 Å². The Bertz CT molecular complexity index is 461. The monoisotopic (exact) mass is 199 g/mol. The van der Waals surface area contributed by atoms with Gasteiger partial charge in [-0.3, -0.25) is 0 Å². The zero-order chi connectivity index (χ0) is 11.3. The molecule has 0 saturated heterocycles. The van der Waals surface area contributed by atoms with Crippen molar-refractivity contribution < 1.29 is 0 Å². The number of fused-ring (bicyclic) bond motifs is 1. The fraction of sp³-hybridized carbons (Fsp3) is 0.400. The molecule has 1 radical (unpaired) electrons. The first kappa shape index (κ1) is 10.5. The van der Waals surface area contributed by atoms with Crippen LogP contribution in [0.3, 0.4) is 0 Å². The molecule has 15 heavy (non-hydrogen) atoms. The molecular weight excluding hydrogens is 180 g/mol. The van der Waals surface area contributed by atoms with Crippen LogP contribution in [0.4, 0.5) is 0 Å². The van der Waals surface area contributed by atoms with E-state index >= 15 is 0 Å². The highest BCUT2D eigenvalue weighted by Crippen LogP contribution is 2.43. The summed E-state index contributed by atoms with van der Waals surface area (Å²) in [5.41, 5.74) is 10.2. The predicted octanol–water partition coefficient (Wildman–Crippen LogP) is 4.36. The summed E-state index contributed by atoms with van der Waals surface area (Å²) in [6, 6.07) is 2.34. The molecule has 0 aliphatic heterocycles. The third-order valence-electron chi connectivity index (χ3n) is 4.06. The van der Waals surface area contributed by atoms with Crippen molar-refractivity contribution in [3.63, 3.8) is 0 Å². The molecule has 1 aromatic rings. The Labute approximate surface area is 93.0 Å². The lowest BCUT2D eigenvalue weighted by molar-refractivity contribution is 1.16. The Balaban J connectivity index is 2.79. The number of benzene rings is 1. The lowest BCUT2D eigenvalue weighted by atomic mass is 9.91. The van der Waals surface area contributed by atoms with Gasteiger partial charge in [0.1, 0.15) is 0 Å². The lowest BCUT2D eigenvalue weighted by Crippen LogP contribution is -1.97. The van der Waals surface area contributed by atoms with E-state index in [1.165, 1.54) is 44.9 Å². The van der Waals surface area contributed by atoms with Crippen molar-refractivity contribution >= 4 is 5.57 Å². The van der Waals surface area contributed by atoms with Crippen LogP contribution in [0.15, 0.2) is 11.6 Å². The minimum atomic E-state index is 1.41. The van der Waals surface area contributed by atoms with Crippen LogP contribution < -0.4 is 0 Å². The summed E-state index contributed by atoms with van der Waals surface area (Å²) in [5.74, 6) is 1.45. The van der Waals surface area contributed by atoms with E-state index in [0.29, 0.717) is 0 Å². The zero-order valence-electron chi connectivity index (χ0n) is 10.6. The third kappa shape index (κ3) is 1.27. The summed E-state index contributed by atoms with van der Waals surface area (Å²) in [4.78, 5) is 0. The summed E-state index contributed by atoms with van der Waals surface area (Å²) in [7, 11) is 0. The second kappa shape index (κ2) is 3.23. The van der Waals surface area contributed by atoms with E-state index in [2.05, 4.69) is 47.6 Å². The Hall–Kier alpha value is -1.04. The van der Waals surface area contributed by atoms with E-state index in [1.54, 1.807) is 0 Å². The van der Waals surface area contributed by atoms with Gasteiger partial charge >= 0.3 is 0 Å². The SMILES string of the molecule is C[C]1C(C)=C(C)c2c1cc(C)c(C)c2C. The Morgan fingerprint density at radius 2 is 1.33 bits per heavy atom. The molecule has 1 aliphatic carbocycles. The van der Waals surface area contributed by atoms with Gasteiger partial charge in [0.25, 0.3) is 0 Å². The molecule has 0 spiro atoms. The normalized spacial score (nSPS) is 16.1. The number of aryl methyl sites for hydroxylation is 1. The molecule has 2 rings (SSSR count). The molecule has 1 aliphatic rings. The Morgan fingerprint density at radius 1 is 0.733 bits per heavy atom. The van der Waals surface area contributed by atoms with E-state index < -0.39 is 0 Å². The molecule has 0 saturated carbocycles. The van der Waals surface area contributed by atoms with Crippen molar-refractivity contribution in [2.24, 2.45) is 0 Å². The summed E-state index contributed by atoms with van der Waals surface area (Å²) >= 11 is 0. The highest BCUT2D eigenvalue weighted by molar-refractivity contribution is 5.84. The average molecular weight is 199 g/mol. The van der Waals surface area contributed by atoms with Gasteiger partial charge in [-0.2, -0.15) is 0 Å². The second-order valence-corrected chi connectivity index (χ2v) is 4.74. The second-order valence-electron chi connectivity index (χ2n) is 4.74. The van der Waals surface area contributed by atoms with Crippen molar-refractivity contribution in [3.8, 4) is 0 Å². The topological polar surface area (TPSA) is 0 Å². The molecule has 0 atom stereocenters. The zero-order valence-corrected chi connectivity index (χ0v) is 10.6. The fourth-order valence-corrected chi connectivity index (χ4v) is 2.53.